The van der Waals surface area contributed by atoms with Crippen molar-refractivity contribution < 1.29 is 9.18 Å². The van der Waals surface area contributed by atoms with Crippen molar-refractivity contribution in [3.8, 4) is 11.3 Å². The number of amides is 2. The highest BCUT2D eigenvalue weighted by molar-refractivity contribution is 6.33. The Hall–Kier alpha value is -3.19. The predicted octanol–water partition coefficient (Wildman–Crippen LogP) is 5.18. The number of nitrogens with zero attached hydrogens (tertiary/aromatic N) is 3. The van der Waals surface area contributed by atoms with E-state index in [2.05, 4.69) is 25.7 Å². The molecule has 2 N–H and O–H groups in total. The van der Waals surface area contributed by atoms with Gasteiger partial charge >= 0.3 is 6.03 Å². The van der Waals surface area contributed by atoms with Gasteiger partial charge in [-0.05, 0) is 49.2 Å². The Morgan fingerprint density at radius 1 is 1.00 bits per heavy atom. The van der Waals surface area contributed by atoms with Crippen molar-refractivity contribution in [3.63, 3.8) is 0 Å². The highest BCUT2D eigenvalue weighted by Gasteiger charge is 2.14. The lowest BCUT2D eigenvalue weighted by molar-refractivity contribution is 0.262. The molecule has 1 fully saturated rings. The first kappa shape index (κ1) is 19.1. The highest BCUT2D eigenvalue weighted by atomic mass is 35.5. The van der Waals surface area contributed by atoms with E-state index in [1.54, 1.807) is 18.2 Å². The summed E-state index contributed by atoms with van der Waals surface area (Å²) >= 11 is 5.94. The maximum Gasteiger partial charge on any atom is 0.323 e. The number of hydrogen-bond acceptors (Lipinski definition) is 4. The fourth-order valence-corrected chi connectivity index (χ4v) is 3.45. The molecule has 1 aliphatic rings. The summed E-state index contributed by atoms with van der Waals surface area (Å²) in [4.78, 5) is 14.5. The summed E-state index contributed by atoms with van der Waals surface area (Å²) in [5, 5.41) is 13.9. The van der Waals surface area contributed by atoms with Gasteiger partial charge in [0.2, 0.25) is 0 Å². The van der Waals surface area contributed by atoms with E-state index in [0.29, 0.717) is 11.4 Å². The molecule has 0 bridgehead atoms. The Morgan fingerprint density at radius 3 is 2.52 bits per heavy atom. The number of nitrogens with one attached hydrogen (secondary N) is 2. The van der Waals surface area contributed by atoms with Crippen molar-refractivity contribution in [2.75, 3.05) is 28.6 Å². The van der Waals surface area contributed by atoms with Gasteiger partial charge in [0, 0.05) is 24.3 Å². The molecule has 0 atom stereocenters. The van der Waals surface area contributed by atoms with Crippen molar-refractivity contribution in [1.82, 2.24) is 10.2 Å². The lowest BCUT2D eigenvalue weighted by atomic mass is 10.1. The van der Waals surface area contributed by atoms with Crippen LogP contribution in [0.5, 0.6) is 0 Å². The van der Waals surface area contributed by atoms with Gasteiger partial charge in [0.05, 0.1) is 16.4 Å². The van der Waals surface area contributed by atoms with Crippen LogP contribution in [-0.2, 0) is 0 Å². The molecule has 3 aromatic rings. The third-order valence-electron chi connectivity index (χ3n) is 4.70. The Balaban J connectivity index is 1.46. The molecule has 0 spiro atoms. The van der Waals surface area contributed by atoms with Crippen molar-refractivity contribution in [3.05, 3.63) is 65.4 Å². The molecule has 4 rings (SSSR count). The van der Waals surface area contributed by atoms with Crippen LogP contribution in [0.2, 0.25) is 5.02 Å². The van der Waals surface area contributed by atoms with Crippen molar-refractivity contribution in [2.45, 2.75) is 12.8 Å². The van der Waals surface area contributed by atoms with Gasteiger partial charge in [-0.1, -0.05) is 29.8 Å². The summed E-state index contributed by atoms with van der Waals surface area (Å²) in [6.45, 7) is 2.02. The second kappa shape index (κ2) is 8.45. The van der Waals surface area contributed by atoms with Crippen LogP contribution < -0.4 is 15.5 Å². The molecule has 2 heterocycles. The minimum atomic E-state index is -0.602. The van der Waals surface area contributed by atoms with E-state index in [9.17, 15) is 9.18 Å². The van der Waals surface area contributed by atoms with E-state index in [1.165, 1.54) is 31.0 Å². The molecule has 2 aromatic carbocycles. The number of anilines is 3. The van der Waals surface area contributed by atoms with Gasteiger partial charge < -0.3 is 15.5 Å². The number of benzene rings is 2. The lowest BCUT2D eigenvalue weighted by Gasteiger charge is -2.15. The first-order valence-corrected chi connectivity index (χ1v) is 9.69. The minimum Gasteiger partial charge on any atom is -0.355 e. The number of hydrogen-bond donors (Lipinski definition) is 2. The average molecular weight is 412 g/mol. The third kappa shape index (κ3) is 4.46. The predicted molar refractivity (Wildman–Crippen MR) is 113 cm³/mol. The number of urea groups is 1. The monoisotopic (exact) mass is 411 g/mol. The fraction of sp³-hybridized carbons (Fsp3) is 0.190. The van der Waals surface area contributed by atoms with Crippen LogP contribution in [0, 0.1) is 5.82 Å². The molecular weight excluding hydrogens is 393 g/mol. The first-order chi connectivity index (χ1) is 14.1. The quantitative estimate of drug-likeness (QED) is 0.620. The number of halogens is 2. The third-order valence-corrected chi connectivity index (χ3v) is 5.01. The smallest absolute Gasteiger partial charge is 0.323 e. The second-order valence-electron chi connectivity index (χ2n) is 6.73. The molecule has 0 unspecified atom stereocenters. The number of carbonyl (C=O) groups excluding carboxylic acids is 1. The Morgan fingerprint density at radius 2 is 1.79 bits per heavy atom. The van der Waals surface area contributed by atoms with E-state index in [0.717, 1.165) is 24.5 Å². The largest absolute Gasteiger partial charge is 0.355 e. The maximum atomic E-state index is 13.8. The van der Waals surface area contributed by atoms with Crippen LogP contribution in [0.4, 0.5) is 26.4 Å². The maximum absolute atomic E-state index is 13.8. The number of aromatic nitrogens is 2. The van der Waals surface area contributed by atoms with Gasteiger partial charge in [-0.25, -0.2) is 9.18 Å². The molecule has 2 amide bonds. The molecule has 29 heavy (non-hydrogen) atoms. The van der Waals surface area contributed by atoms with Gasteiger partial charge in [0.15, 0.2) is 5.82 Å². The molecule has 1 aromatic heterocycles. The van der Waals surface area contributed by atoms with Crippen molar-refractivity contribution in [2.24, 2.45) is 0 Å². The van der Waals surface area contributed by atoms with Crippen LogP contribution in [0.3, 0.4) is 0 Å². The molecule has 1 aliphatic heterocycles. The minimum absolute atomic E-state index is 0.0637. The van der Waals surface area contributed by atoms with Gasteiger partial charge in [-0.3, -0.25) is 0 Å². The molecular formula is C21H19ClFN5O. The summed E-state index contributed by atoms with van der Waals surface area (Å²) in [6, 6.07) is 14.7. The molecule has 0 radical (unpaired) electrons. The van der Waals surface area contributed by atoms with Gasteiger partial charge in [0.25, 0.3) is 0 Å². The summed E-state index contributed by atoms with van der Waals surface area (Å²) in [7, 11) is 0. The normalized spacial score (nSPS) is 13.4. The van der Waals surface area contributed by atoms with Crippen LogP contribution in [0.1, 0.15) is 12.8 Å². The van der Waals surface area contributed by atoms with Crippen molar-refractivity contribution >= 4 is 34.8 Å². The summed E-state index contributed by atoms with van der Waals surface area (Å²) in [5.74, 6) is 0.274. The van der Waals surface area contributed by atoms with Gasteiger partial charge in [-0.2, -0.15) is 0 Å². The fourth-order valence-electron chi connectivity index (χ4n) is 3.24. The van der Waals surface area contributed by atoms with Crippen LogP contribution in [-0.4, -0.2) is 29.3 Å². The number of para-hydroxylation sites is 1. The molecule has 8 heteroatoms. The van der Waals surface area contributed by atoms with E-state index in [1.807, 2.05) is 18.2 Å². The standard InChI is InChI=1S/C21H19ClFN5O/c22-16-7-4-8-17(23)20(16)25-21(29)24-15-6-3-5-14(13-15)18-9-10-19(27-26-18)28-11-1-2-12-28/h3-10,13H,1-2,11-12H2,(H2,24,25,29). The summed E-state index contributed by atoms with van der Waals surface area (Å²) < 4.78 is 13.8. The van der Waals surface area contributed by atoms with Gasteiger partial charge in [0.1, 0.15) is 5.82 Å². The van der Waals surface area contributed by atoms with E-state index >= 15 is 0 Å². The second-order valence-corrected chi connectivity index (χ2v) is 7.13. The summed E-state index contributed by atoms with van der Waals surface area (Å²) in [6.07, 6.45) is 2.36. The zero-order chi connectivity index (χ0) is 20.2. The Bertz CT molecular complexity index is 1000. The lowest BCUT2D eigenvalue weighted by Crippen LogP contribution is -2.20. The van der Waals surface area contributed by atoms with Gasteiger partial charge in [-0.15, -0.1) is 10.2 Å². The first-order valence-electron chi connectivity index (χ1n) is 9.31. The zero-order valence-electron chi connectivity index (χ0n) is 15.5. The Kier molecular flexibility index (Phi) is 5.57. The molecule has 0 aliphatic carbocycles. The van der Waals surface area contributed by atoms with Crippen LogP contribution >= 0.6 is 11.6 Å². The topological polar surface area (TPSA) is 70.2 Å². The summed E-state index contributed by atoms with van der Waals surface area (Å²) in [5.41, 5.74) is 1.99. The molecule has 0 saturated carbocycles. The van der Waals surface area contributed by atoms with E-state index < -0.39 is 11.8 Å². The number of carbonyl (C=O) groups is 1. The SMILES string of the molecule is O=C(Nc1cccc(-c2ccc(N3CCCC3)nn2)c1)Nc1c(F)cccc1Cl. The van der Waals surface area contributed by atoms with E-state index in [4.69, 9.17) is 11.6 Å². The Labute approximate surface area is 172 Å². The van der Waals surface area contributed by atoms with Crippen LogP contribution in [0.25, 0.3) is 11.3 Å². The number of rotatable bonds is 4. The molecule has 1 saturated heterocycles. The average Bonchev–Trinajstić information content (AvgIpc) is 3.26. The van der Waals surface area contributed by atoms with Crippen LogP contribution in [0.15, 0.2) is 54.6 Å². The highest BCUT2D eigenvalue weighted by Crippen LogP contribution is 2.26. The zero-order valence-corrected chi connectivity index (χ0v) is 16.3. The van der Waals surface area contributed by atoms with Crippen molar-refractivity contribution in [1.29, 1.82) is 0 Å². The molecule has 148 valence electrons. The molecule has 6 nitrogen and oxygen atoms in total. The van der Waals surface area contributed by atoms with E-state index in [-0.39, 0.29) is 10.7 Å².